The molecule has 2 aliphatic rings. The second kappa shape index (κ2) is 6.79. The van der Waals surface area contributed by atoms with E-state index in [1.165, 1.54) is 17.5 Å². The van der Waals surface area contributed by atoms with Crippen molar-refractivity contribution in [1.29, 1.82) is 0 Å². The lowest BCUT2D eigenvalue weighted by atomic mass is 9.94. The Morgan fingerprint density at radius 3 is 2.76 bits per heavy atom. The van der Waals surface area contributed by atoms with Crippen molar-refractivity contribution in [2.75, 3.05) is 13.1 Å². The van der Waals surface area contributed by atoms with Crippen LogP contribution in [0.25, 0.3) is 0 Å². The Balaban J connectivity index is 1.39. The lowest BCUT2D eigenvalue weighted by Crippen LogP contribution is -2.42. The Morgan fingerprint density at radius 1 is 1.24 bits per heavy atom. The van der Waals surface area contributed by atoms with Gasteiger partial charge in [-0.1, -0.05) is 37.3 Å². The Morgan fingerprint density at radius 2 is 2.04 bits per heavy atom. The number of likely N-dealkylation sites (tertiary alicyclic amines) is 1. The third-order valence-electron chi connectivity index (χ3n) is 5.12. The van der Waals surface area contributed by atoms with Gasteiger partial charge in [-0.2, -0.15) is 0 Å². The molecule has 0 unspecified atom stereocenters. The molecule has 0 radical (unpaired) electrons. The molecule has 2 aliphatic heterocycles. The molecule has 4 nitrogen and oxygen atoms in total. The fraction of sp³-hybridized carbons (Fsp3) is 0.381. The molecule has 0 aliphatic carbocycles. The molecule has 3 heterocycles. The van der Waals surface area contributed by atoms with Crippen LogP contribution in [0.15, 0.2) is 47.6 Å². The van der Waals surface area contributed by atoms with Crippen LogP contribution in [0.3, 0.4) is 0 Å². The van der Waals surface area contributed by atoms with Gasteiger partial charge >= 0.3 is 0 Å². The number of Topliss-reactive ketones (excluding diaryl/α,β-unsaturated/α-hetero) is 1. The summed E-state index contributed by atoms with van der Waals surface area (Å²) in [4.78, 5) is 23.9. The van der Waals surface area contributed by atoms with Crippen molar-refractivity contribution in [3.8, 4) is 0 Å². The van der Waals surface area contributed by atoms with E-state index in [0.717, 1.165) is 30.2 Å². The average Bonchev–Trinajstić information content (AvgIpc) is 2.97. The standard InChI is InChI=1S/C21H23N3O/c1-15(16-6-3-2-4-7-16)10-19(25)12-18-11-17-13-23-21(20(17)14-22-18)24-8-5-9-24/h2-4,6-7,11,14-15H,5,8-10,12-13H2,1H3/t15-/m0/s1. The summed E-state index contributed by atoms with van der Waals surface area (Å²) < 4.78 is 0. The molecule has 1 atom stereocenters. The average molecular weight is 333 g/mol. The molecule has 4 heteroatoms. The highest BCUT2D eigenvalue weighted by Gasteiger charge is 2.26. The van der Waals surface area contributed by atoms with E-state index < -0.39 is 0 Å². The van der Waals surface area contributed by atoms with Gasteiger partial charge in [0, 0.05) is 43.4 Å². The van der Waals surface area contributed by atoms with E-state index in [1.54, 1.807) is 0 Å². The highest BCUT2D eigenvalue weighted by Crippen LogP contribution is 2.24. The van der Waals surface area contributed by atoms with Crippen molar-refractivity contribution in [2.45, 2.75) is 38.6 Å². The maximum atomic E-state index is 12.4. The third kappa shape index (κ3) is 3.34. The molecule has 1 aromatic heterocycles. The summed E-state index contributed by atoms with van der Waals surface area (Å²) >= 11 is 0. The molecule has 0 bridgehead atoms. The number of aromatic nitrogens is 1. The molecule has 0 N–H and O–H groups in total. The number of rotatable bonds is 5. The first-order chi connectivity index (χ1) is 12.2. The first-order valence-corrected chi connectivity index (χ1v) is 9.05. The van der Waals surface area contributed by atoms with Crippen LogP contribution in [0.2, 0.25) is 0 Å². The number of aliphatic imine (C=N–C) groups is 1. The van der Waals surface area contributed by atoms with Crippen LogP contribution in [0.5, 0.6) is 0 Å². The van der Waals surface area contributed by atoms with E-state index in [9.17, 15) is 4.79 Å². The Labute approximate surface area is 148 Å². The van der Waals surface area contributed by atoms with Crippen molar-refractivity contribution in [3.05, 3.63) is 65.0 Å². The number of benzene rings is 1. The van der Waals surface area contributed by atoms with Gasteiger partial charge in [-0.25, -0.2) is 0 Å². The van der Waals surface area contributed by atoms with Gasteiger partial charge in [0.15, 0.2) is 0 Å². The number of fused-ring (bicyclic) bond motifs is 1. The van der Waals surface area contributed by atoms with Gasteiger partial charge in [-0.3, -0.25) is 14.8 Å². The summed E-state index contributed by atoms with van der Waals surface area (Å²) in [5, 5.41) is 0. The lowest BCUT2D eigenvalue weighted by molar-refractivity contribution is -0.118. The minimum absolute atomic E-state index is 0.240. The number of amidine groups is 1. The molecule has 25 heavy (non-hydrogen) atoms. The van der Waals surface area contributed by atoms with E-state index in [4.69, 9.17) is 0 Å². The van der Waals surface area contributed by atoms with Crippen LogP contribution >= 0.6 is 0 Å². The summed E-state index contributed by atoms with van der Waals surface area (Å²) in [7, 11) is 0. The molecule has 0 amide bonds. The zero-order valence-corrected chi connectivity index (χ0v) is 14.6. The van der Waals surface area contributed by atoms with E-state index in [2.05, 4.69) is 40.0 Å². The van der Waals surface area contributed by atoms with Crippen LogP contribution in [0.4, 0.5) is 0 Å². The summed E-state index contributed by atoms with van der Waals surface area (Å²) in [6, 6.07) is 12.3. The zero-order valence-electron chi connectivity index (χ0n) is 14.6. The number of ketones is 1. The van der Waals surface area contributed by atoms with Gasteiger partial charge in [0.2, 0.25) is 0 Å². The predicted molar refractivity (Wildman–Crippen MR) is 98.9 cm³/mol. The molecule has 128 valence electrons. The topological polar surface area (TPSA) is 45.6 Å². The molecule has 1 saturated heterocycles. The highest BCUT2D eigenvalue weighted by molar-refractivity contribution is 6.02. The molecule has 4 rings (SSSR count). The highest BCUT2D eigenvalue weighted by atomic mass is 16.1. The zero-order chi connectivity index (χ0) is 17.2. The number of nitrogens with zero attached hydrogens (tertiary/aromatic N) is 3. The lowest BCUT2D eigenvalue weighted by Gasteiger charge is -2.33. The van der Waals surface area contributed by atoms with Gasteiger partial charge in [0.05, 0.1) is 6.54 Å². The van der Waals surface area contributed by atoms with Crippen molar-refractivity contribution >= 4 is 11.6 Å². The van der Waals surface area contributed by atoms with Crippen LogP contribution in [0, 0.1) is 0 Å². The van der Waals surface area contributed by atoms with Crippen molar-refractivity contribution in [1.82, 2.24) is 9.88 Å². The summed E-state index contributed by atoms with van der Waals surface area (Å²) in [6.07, 6.45) is 4.11. The molecule has 0 spiro atoms. The predicted octanol–water partition coefficient (Wildman–Crippen LogP) is 3.35. The summed E-state index contributed by atoms with van der Waals surface area (Å²) in [5.41, 5.74) is 4.43. The van der Waals surface area contributed by atoms with Gasteiger partial charge in [0.1, 0.15) is 11.6 Å². The quantitative estimate of drug-likeness (QED) is 0.843. The normalized spacial score (nSPS) is 16.8. The maximum Gasteiger partial charge on any atom is 0.139 e. The first-order valence-electron chi connectivity index (χ1n) is 9.05. The number of carbonyl (C=O) groups excluding carboxylic acids is 1. The van der Waals surface area contributed by atoms with Gasteiger partial charge in [-0.05, 0) is 29.5 Å². The first kappa shape index (κ1) is 16.0. The van der Waals surface area contributed by atoms with Crippen LogP contribution < -0.4 is 0 Å². The minimum atomic E-state index is 0.240. The number of hydrogen-bond donors (Lipinski definition) is 0. The maximum absolute atomic E-state index is 12.4. The fourth-order valence-electron chi connectivity index (χ4n) is 3.53. The van der Waals surface area contributed by atoms with Crippen LogP contribution in [-0.4, -0.2) is 34.6 Å². The second-order valence-corrected chi connectivity index (χ2v) is 7.04. The smallest absolute Gasteiger partial charge is 0.139 e. The molecule has 1 fully saturated rings. The van der Waals surface area contributed by atoms with Gasteiger partial charge in [0.25, 0.3) is 0 Å². The largest absolute Gasteiger partial charge is 0.356 e. The van der Waals surface area contributed by atoms with E-state index >= 15 is 0 Å². The van der Waals surface area contributed by atoms with E-state index in [1.807, 2.05) is 24.4 Å². The SMILES string of the molecule is C[C@@H](CC(=O)Cc1cc2c(cn1)C(N1CCC1)=NC2)c1ccccc1. The number of hydrogen-bond acceptors (Lipinski definition) is 4. The number of pyridine rings is 1. The van der Waals surface area contributed by atoms with Gasteiger partial charge < -0.3 is 4.90 Å². The fourth-order valence-corrected chi connectivity index (χ4v) is 3.53. The van der Waals surface area contributed by atoms with Crippen molar-refractivity contribution in [3.63, 3.8) is 0 Å². The molecule has 1 aromatic carbocycles. The Kier molecular flexibility index (Phi) is 4.35. The summed E-state index contributed by atoms with van der Waals surface area (Å²) in [6.45, 7) is 5.01. The van der Waals surface area contributed by atoms with E-state index in [0.29, 0.717) is 19.4 Å². The van der Waals surface area contributed by atoms with E-state index in [-0.39, 0.29) is 11.7 Å². The van der Waals surface area contributed by atoms with Crippen LogP contribution in [0.1, 0.15) is 48.1 Å². The third-order valence-corrected chi connectivity index (χ3v) is 5.12. The number of carbonyl (C=O) groups is 1. The molecule has 0 saturated carbocycles. The molecule has 2 aromatic rings. The molecular weight excluding hydrogens is 310 g/mol. The molecular formula is C21H23N3O. The summed E-state index contributed by atoms with van der Waals surface area (Å²) in [5.74, 6) is 1.57. The van der Waals surface area contributed by atoms with Crippen molar-refractivity contribution < 1.29 is 4.79 Å². The monoisotopic (exact) mass is 333 g/mol. The Hall–Kier alpha value is -2.49. The van der Waals surface area contributed by atoms with Crippen LogP contribution in [-0.2, 0) is 17.8 Å². The Bertz CT molecular complexity index is 809. The second-order valence-electron chi connectivity index (χ2n) is 7.04. The van der Waals surface area contributed by atoms with Crippen molar-refractivity contribution in [2.24, 2.45) is 4.99 Å². The minimum Gasteiger partial charge on any atom is -0.356 e. The van der Waals surface area contributed by atoms with Gasteiger partial charge in [-0.15, -0.1) is 0 Å².